The molecule has 0 spiro atoms. The Kier molecular flexibility index (Phi) is 6.86. The molecular weight excluding hydrogens is 231 g/mol. The predicted molar refractivity (Wildman–Crippen MR) is 71.9 cm³/mol. The van der Waals surface area contributed by atoms with Crippen LogP contribution in [0.15, 0.2) is 24.3 Å². The molecule has 0 aliphatic rings. The fourth-order valence-corrected chi connectivity index (χ4v) is 1.84. The molecule has 1 unspecified atom stereocenters. The highest BCUT2D eigenvalue weighted by Crippen LogP contribution is 2.13. The zero-order chi connectivity index (χ0) is 13.4. The van der Waals surface area contributed by atoms with Crippen molar-refractivity contribution in [1.82, 2.24) is 4.90 Å². The molecule has 0 radical (unpaired) electrons. The van der Waals surface area contributed by atoms with Gasteiger partial charge in [0.05, 0.1) is 6.61 Å². The summed E-state index contributed by atoms with van der Waals surface area (Å²) in [4.78, 5) is 2.21. The lowest BCUT2D eigenvalue weighted by molar-refractivity contribution is 0.113. The third-order valence-corrected chi connectivity index (χ3v) is 2.93. The van der Waals surface area contributed by atoms with Gasteiger partial charge in [0.1, 0.15) is 5.82 Å². The molecule has 0 amide bonds. The van der Waals surface area contributed by atoms with E-state index in [1.54, 1.807) is 6.07 Å². The average molecular weight is 254 g/mol. The molecule has 0 saturated carbocycles. The van der Waals surface area contributed by atoms with Gasteiger partial charge in [-0.25, -0.2) is 4.39 Å². The van der Waals surface area contributed by atoms with Crippen LogP contribution in [-0.2, 0) is 4.74 Å². The van der Waals surface area contributed by atoms with Crippen molar-refractivity contribution in [2.24, 2.45) is 5.73 Å². The minimum atomic E-state index is -0.236. The summed E-state index contributed by atoms with van der Waals surface area (Å²) in [5.41, 5.74) is 6.93. The molecule has 2 N–H and O–H groups in total. The second-order valence-corrected chi connectivity index (χ2v) is 4.25. The average Bonchev–Trinajstić information content (AvgIpc) is 2.37. The maximum Gasteiger partial charge on any atom is 0.123 e. The largest absolute Gasteiger partial charge is 0.380 e. The first-order valence-corrected chi connectivity index (χ1v) is 6.48. The highest BCUT2D eigenvalue weighted by atomic mass is 19.1. The molecule has 102 valence electrons. The van der Waals surface area contributed by atoms with Crippen LogP contribution in [0.4, 0.5) is 4.39 Å². The summed E-state index contributed by atoms with van der Waals surface area (Å²) in [6.45, 7) is 7.99. The van der Waals surface area contributed by atoms with Crippen LogP contribution in [0.3, 0.4) is 0 Å². The quantitative estimate of drug-likeness (QED) is 0.723. The zero-order valence-electron chi connectivity index (χ0n) is 11.2. The van der Waals surface area contributed by atoms with Gasteiger partial charge in [-0.05, 0) is 31.2 Å². The Labute approximate surface area is 109 Å². The predicted octanol–water partition coefficient (Wildman–Crippen LogP) is 2.18. The van der Waals surface area contributed by atoms with E-state index >= 15 is 0 Å². The van der Waals surface area contributed by atoms with Crippen molar-refractivity contribution in [3.8, 4) is 0 Å². The maximum atomic E-state index is 13.1. The van der Waals surface area contributed by atoms with E-state index in [1.807, 2.05) is 13.0 Å². The fraction of sp³-hybridized carbons (Fsp3) is 0.571. The molecule has 1 atom stereocenters. The smallest absolute Gasteiger partial charge is 0.123 e. The Morgan fingerprint density at radius 3 is 2.78 bits per heavy atom. The molecule has 0 aromatic heterocycles. The van der Waals surface area contributed by atoms with Gasteiger partial charge in [-0.3, -0.25) is 4.90 Å². The van der Waals surface area contributed by atoms with Gasteiger partial charge in [-0.1, -0.05) is 19.1 Å². The Morgan fingerprint density at radius 2 is 2.17 bits per heavy atom. The van der Waals surface area contributed by atoms with Gasteiger partial charge in [-0.2, -0.15) is 0 Å². The second-order valence-electron chi connectivity index (χ2n) is 4.25. The molecule has 0 heterocycles. The van der Waals surface area contributed by atoms with Crippen molar-refractivity contribution in [2.45, 2.75) is 19.9 Å². The molecule has 0 saturated heterocycles. The lowest BCUT2D eigenvalue weighted by Crippen LogP contribution is -2.34. The van der Waals surface area contributed by atoms with Gasteiger partial charge in [0, 0.05) is 25.7 Å². The van der Waals surface area contributed by atoms with E-state index < -0.39 is 0 Å². The third kappa shape index (κ3) is 5.12. The molecule has 0 bridgehead atoms. The van der Waals surface area contributed by atoms with Crippen LogP contribution in [0, 0.1) is 5.82 Å². The van der Waals surface area contributed by atoms with Crippen LogP contribution in [0.5, 0.6) is 0 Å². The first kappa shape index (κ1) is 15.1. The van der Waals surface area contributed by atoms with Crippen molar-refractivity contribution in [3.63, 3.8) is 0 Å². The van der Waals surface area contributed by atoms with Crippen LogP contribution < -0.4 is 5.73 Å². The van der Waals surface area contributed by atoms with Crippen molar-refractivity contribution in [2.75, 3.05) is 32.8 Å². The van der Waals surface area contributed by atoms with E-state index in [4.69, 9.17) is 10.5 Å². The minimum absolute atomic E-state index is 0.165. The van der Waals surface area contributed by atoms with Gasteiger partial charge in [0.15, 0.2) is 0 Å². The van der Waals surface area contributed by atoms with E-state index in [0.29, 0.717) is 13.2 Å². The van der Waals surface area contributed by atoms with Gasteiger partial charge in [-0.15, -0.1) is 0 Å². The first-order chi connectivity index (χ1) is 8.67. The standard InChI is InChI=1S/C14H23FN2O/c1-3-17(8-9-18-4-2)11-14(16)12-6-5-7-13(15)10-12/h5-7,10,14H,3-4,8-9,11,16H2,1-2H3. The summed E-state index contributed by atoms with van der Waals surface area (Å²) in [6, 6.07) is 6.33. The Bertz CT molecular complexity index is 346. The Hall–Kier alpha value is -0.970. The van der Waals surface area contributed by atoms with Gasteiger partial charge in [0.2, 0.25) is 0 Å². The Morgan fingerprint density at radius 1 is 1.39 bits per heavy atom. The van der Waals surface area contributed by atoms with Crippen LogP contribution in [-0.4, -0.2) is 37.7 Å². The summed E-state index contributed by atoms with van der Waals surface area (Å²) >= 11 is 0. The summed E-state index contributed by atoms with van der Waals surface area (Å²) in [5.74, 6) is -0.236. The van der Waals surface area contributed by atoms with Gasteiger partial charge in [0.25, 0.3) is 0 Å². The number of benzene rings is 1. The lowest BCUT2D eigenvalue weighted by Gasteiger charge is -2.24. The van der Waals surface area contributed by atoms with Crippen LogP contribution in [0.2, 0.25) is 0 Å². The van der Waals surface area contributed by atoms with Crippen LogP contribution in [0.25, 0.3) is 0 Å². The summed E-state index contributed by atoms with van der Waals surface area (Å²) < 4.78 is 18.4. The number of likely N-dealkylation sites (N-methyl/N-ethyl adjacent to an activating group) is 1. The van der Waals surface area contributed by atoms with Crippen molar-refractivity contribution >= 4 is 0 Å². The van der Waals surface area contributed by atoms with Crippen molar-refractivity contribution < 1.29 is 9.13 Å². The summed E-state index contributed by atoms with van der Waals surface area (Å²) in [5, 5.41) is 0. The number of rotatable bonds is 8. The third-order valence-electron chi connectivity index (χ3n) is 2.93. The second kappa shape index (κ2) is 8.19. The first-order valence-electron chi connectivity index (χ1n) is 6.48. The van der Waals surface area contributed by atoms with Crippen LogP contribution >= 0.6 is 0 Å². The lowest BCUT2D eigenvalue weighted by atomic mass is 10.1. The fourth-order valence-electron chi connectivity index (χ4n) is 1.84. The molecule has 3 nitrogen and oxygen atoms in total. The summed E-state index contributed by atoms with van der Waals surface area (Å²) in [6.07, 6.45) is 0. The van der Waals surface area contributed by atoms with E-state index in [9.17, 15) is 4.39 Å². The number of hydrogen-bond donors (Lipinski definition) is 1. The molecule has 0 aliphatic carbocycles. The van der Waals surface area contributed by atoms with E-state index in [0.717, 1.165) is 25.3 Å². The van der Waals surface area contributed by atoms with Gasteiger partial charge < -0.3 is 10.5 Å². The van der Waals surface area contributed by atoms with E-state index in [-0.39, 0.29) is 11.9 Å². The molecule has 18 heavy (non-hydrogen) atoms. The van der Waals surface area contributed by atoms with Crippen molar-refractivity contribution in [1.29, 1.82) is 0 Å². The highest BCUT2D eigenvalue weighted by Gasteiger charge is 2.11. The topological polar surface area (TPSA) is 38.5 Å². The number of halogens is 1. The normalized spacial score (nSPS) is 12.9. The number of nitrogens with two attached hydrogens (primary N) is 1. The molecular formula is C14H23FN2O. The van der Waals surface area contributed by atoms with Gasteiger partial charge >= 0.3 is 0 Å². The van der Waals surface area contributed by atoms with Crippen LogP contribution in [0.1, 0.15) is 25.5 Å². The minimum Gasteiger partial charge on any atom is -0.380 e. The van der Waals surface area contributed by atoms with E-state index in [2.05, 4.69) is 11.8 Å². The van der Waals surface area contributed by atoms with Crippen molar-refractivity contribution in [3.05, 3.63) is 35.6 Å². The SMILES string of the molecule is CCOCCN(CC)CC(N)c1cccc(F)c1. The monoisotopic (exact) mass is 254 g/mol. The summed E-state index contributed by atoms with van der Waals surface area (Å²) in [7, 11) is 0. The zero-order valence-corrected chi connectivity index (χ0v) is 11.2. The molecule has 1 aromatic rings. The molecule has 4 heteroatoms. The molecule has 1 aromatic carbocycles. The maximum absolute atomic E-state index is 13.1. The number of ether oxygens (including phenoxy) is 1. The number of nitrogens with zero attached hydrogens (tertiary/aromatic N) is 1. The highest BCUT2D eigenvalue weighted by molar-refractivity contribution is 5.20. The number of hydrogen-bond acceptors (Lipinski definition) is 3. The Balaban J connectivity index is 2.48. The molecule has 0 aliphatic heterocycles. The van der Waals surface area contributed by atoms with E-state index in [1.165, 1.54) is 12.1 Å². The molecule has 0 fully saturated rings. The molecule has 1 rings (SSSR count).